The van der Waals surface area contributed by atoms with Crippen LogP contribution >= 0.6 is 0 Å². The summed E-state index contributed by atoms with van der Waals surface area (Å²) in [5.74, 6) is -0.848. The Bertz CT molecular complexity index is 342. The maximum Gasteiger partial charge on any atom is 0.306 e. The number of ether oxygens (including phenoxy) is 1. The highest BCUT2D eigenvalue weighted by molar-refractivity contribution is 5.78. The Morgan fingerprint density at radius 1 is 1.26 bits per heavy atom. The number of aliphatic carboxylic acids is 1. The van der Waals surface area contributed by atoms with Crippen LogP contribution in [0.1, 0.15) is 19.8 Å². The van der Waals surface area contributed by atoms with Crippen LogP contribution in [-0.4, -0.2) is 72.2 Å². The van der Waals surface area contributed by atoms with Crippen LogP contribution in [0.25, 0.3) is 0 Å². The van der Waals surface area contributed by atoms with E-state index in [1.165, 1.54) is 0 Å². The quantitative estimate of drug-likeness (QED) is 0.783. The summed E-state index contributed by atoms with van der Waals surface area (Å²) in [6.45, 7) is 5.64. The Kier molecular flexibility index (Phi) is 4.76. The fourth-order valence-electron chi connectivity index (χ4n) is 2.77. The second-order valence-electron chi connectivity index (χ2n) is 5.37. The van der Waals surface area contributed by atoms with Crippen molar-refractivity contribution in [2.45, 2.75) is 25.8 Å². The van der Waals surface area contributed by atoms with Crippen molar-refractivity contribution >= 4 is 11.9 Å². The summed E-state index contributed by atoms with van der Waals surface area (Å²) < 4.78 is 5.23. The molecule has 0 bridgehead atoms. The number of carbonyl (C=O) groups is 2. The van der Waals surface area contributed by atoms with Gasteiger partial charge in [0.2, 0.25) is 5.91 Å². The molecule has 2 saturated heterocycles. The molecule has 0 aromatic heterocycles. The molecule has 6 heteroatoms. The molecule has 2 atom stereocenters. The molecule has 2 aliphatic heterocycles. The summed E-state index contributed by atoms with van der Waals surface area (Å²) in [6, 6.07) is 0.153. The molecule has 0 spiro atoms. The topological polar surface area (TPSA) is 70.1 Å². The van der Waals surface area contributed by atoms with Gasteiger partial charge in [0.1, 0.15) is 0 Å². The van der Waals surface area contributed by atoms with Gasteiger partial charge in [-0.25, -0.2) is 0 Å². The Labute approximate surface area is 113 Å². The van der Waals surface area contributed by atoms with Gasteiger partial charge in [0, 0.05) is 19.1 Å². The summed E-state index contributed by atoms with van der Waals surface area (Å²) in [6.07, 6.45) is 1.27. The Morgan fingerprint density at radius 3 is 2.53 bits per heavy atom. The molecule has 0 aliphatic carbocycles. The normalized spacial score (nSPS) is 29.2. The van der Waals surface area contributed by atoms with Crippen LogP contribution in [0.3, 0.4) is 0 Å². The van der Waals surface area contributed by atoms with E-state index < -0.39 is 5.97 Å². The van der Waals surface area contributed by atoms with Crippen molar-refractivity contribution in [2.24, 2.45) is 5.92 Å². The van der Waals surface area contributed by atoms with E-state index >= 15 is 0 Å². The number of amides is 1. The van der Waals surface area contributed by atoms with E-state index in [-0.39, 0.29) is 17.9 Å². The van der Waals surface area contributed by atoms with Gasteiger partial charge in [-0.15, -0.1) is 0 Å². The van der Waals surface area contributed by atoms with E-state index in [2.05, 4.69) is 4.90 Å². The predicted octanol–water partition coefficient (Wildman–Crippen LogP) is 0.0303. The van der Waals surface area contributed by atoms with Crippen LogP contribution in [0.15, 0.2) is 0 Å². The number of hydrogen-bond donors (Lipinski definition) is 1. The maximum absolute atomic E-state index is 12.1. The van der Waals surface area contributed by atoms with Gasteiger partial charge < -0.3 is 14.7 Å². The van der Waals surface area contributed by atoms with Crippen molar-refractivity contribution in [3.05, 3.63) is 0 Å². The molecule has 2 heterocycles. The summed E-state index contributed by atoms with van der Waals surface area (Å²) in [4.78, 5) is 27.0. The van der Waals surface area contributed by atoms with Crippen LogP contribution in [0.2, 0.25) is 0 Å². The van der Waals surface area contributed by atoms with Gasteiger partial charge in [-0.05, 0) is 26.3 Å². The molecule has 0 aromatic rings. The van der Waals surface area contributed by atoms with Crippen molar-refractivity contribution in [2.75, 3.05) is 39.4 Å². The van der Waals surface area contributed by atoms with Gasteiger partial charge in [-0.2, -0.15) is 0 Å². The molecule has 108 valence electrons. The summed E-state index contributed by atoms with van der Waals surface area (Å²) in [5, 5.41) is 9.02. The van der Waals surface area contributed by atoms with Crippen LogP contribution in [0.4, 0.5) is 0 Å². The first kappa shape index (κ1) is 14.3. The average molecular weight is 270 g/mol. The third-order valence-electron chi connectivity index (χ3n) is 4.07. The Morgan fingerprint density at radius 2 is 1.95 bits per heavy atom. The van der Waals surface area contributed by atoms with Crippen LogP contribution in [0, 0.1) is 5.92 Å². The minimum atomic E-state index is -0.717. The molecule has 1 N–H and O–H groups in total. The zero-order valence-corrected chi connectivity index (χ0v) is 11.4. The van der Waals surface area contributed by atoms with Crippen molar-refractivity contribution in [3.8, 4) is 0 Å². The van der Waals surface area contributed by atoms with Crippen LogP contribution < -0.4 is 0 Å². The first-order valence-corrected chi connectivity index (χ1v) is 6.90. The lowest BCUT2D eigenvalue weighted by Gasteiger charge is -2.37. The number of piperidine rings is 1. The number of morpholine rings is 1. The molecule has 0 saturated carbocycles. The molecular formula is C13H22N2O4. The van der Waals surface area contributed by atoms with E-state index in [1.54, 1.807) is 0 Å². The second kappa shape index (κ2) is 6.34. The molecule has 1 amide bonds. The summed E-state index contributed by atoms with van der Waals surface area (Å²) >= 11 is 0. The van der Waals surface area contributed by atoms with E-state index in [0.717, 1.165) is 0 Å². The summed E-state index contributed by atoms with van der Waals surface area (Å²) in [5.41, 5.74) is 0. The molecule has 2 unspecified atom stereocenters. The van der Waals surface area contributed by atoms with Crippen molar-refractivity contribution < 1.29 is 19.4 Å². The minimum absolute atomic E-state index is 0.129. The number of hydrogen-bond acceptors (Lipinski definition) is 4. The molecule has 2 aliphatic rings. The zero-order valence-electron chi connectivity index (χ0n) is 11.4. The smallest absolute Gasteiger partial charge is 0.306 e. The van der Waals surface area contributed by atoms with Gasteiger partial charge in [0.25, 0.3) is 0 Å². The van der Waals surface area contributed by atoms with Crippen molar-refractivity contribution in [1.29, 1.82) is 0 Å². The molecule has 6 nitrogen and oxygen atoms in total. The third-order valence-corrected chi connectivity index (χ3v) is 4.07. The highest BCUT2D eigenvalue weighted by Crippen LogP contribution is 2.22. The minimum Gasteiger partial charge on any atom is -0.481 e. The third kappa shape index (κ3) is 3.67. The largest absolute Gasteiger partial charge is 0.481 e. The lowest BCUT2D eigenvalue weighted by Crippen LogP contribution is -2.50. The first-order chi connectivity index (χ1) is 9.08. The van der Waals surface area contributed by atoms with E-state index in [0.29, 0.717) is 52.2 Å². The number of carboxylic acids is 1. The van der Waals surface area contributed by atoms with Crippen LogP contribution in [-0.2, 0) is 14.3 Å². The predicted molar refractivity (Wildman–Crippen MR) is 68.8 cm³/mol. The number of rotatable bonds is 3. The SMILES string of the molecule is CC1CC(C(=O)O)CCN1CC(=O)N1CCOCC1. The van der Waals surface area contributed by atoms with Crippen molar-refractivity contribution in [3.63, 3.8) is 0 Å². The number of carboxylic acid groups (broad SMARTS) is 1. The average Bonchev–Trinajstić information content (AvgIpc) is 2.41. The number of likely N-dealkylation sites (tertiary alicyclic amines) is 1. The monoisotopic (exact) mass is 270 g/mol. The van der Waals surface area contributed by atoms with E-state index in [1.807, 2.05) is 11.8 Å². The molecule has 0 aromatic carbocycles. The van der Waals surface area contributed by atoms with E-state index in [9.17, 15) is 9.59 Å². The van der Waals surface area contributed by atoms with Crippen molar-refractivity contribution in [1.82, 2.24) is 9.80 Å². The Hall–Kier alpha value is -1.14. The molecule has 2 rings (SSSR count). The number of nitrogens with zero attached hydrogens (tertiary/aromatic N) is 2. The van der Waals surface area contributed by atoms with Gasteiger partial charge in [0.05, 0.1) is 25.7 Å². The zero-order chi connectivity index (χ0) is 13.8. The second-order valence-corrected chi connectivity index (χ2v) is 5.37. The molecule has 19 heavy (non-hydrogen) atoms. The maximum atomic E-state index is 12.1. The number of carbonyl (C=O) groups excluding carboxylic acids is 1. The molecular weight excluding hydrogens is 248 g/mol. The highest BCUT2D eigenvalue weighted by Gasteiger charge is 2.31. The Balaban J connectivity index is 1.82. The van der Waals surface area contributed by atoms with Gasteiger partial charge in [0.15, 0.2) is 0 Å². The lowest BCUT2D eigenvalue weighted by molar-refractivity contribution is -0.144. The van der Waals surface area contributed by atoms with Crippen LogP contribution in [0.5, 0.6) is 0 Å². The van der Waals surface area contributed by atoms with Gasteiger partial charge in [-0.1, -0.05) is 0 Å². The summed E-state index contributed by atoms with van der Waals surface area (Å²) in [7, 11) is 0. The van der Waals surface area contributed by atoms with Gasteiger partial charge >= 0.3 is 5.97 Å². The van der Waals surface area contributed by atoms with Gasteiger partial charge in [-0.3, -0.25) is 14.5 Å². The fourth-order valence-corrected chi connectivity index (χ4v) is 2.77. The lowest BCUT2D eigenvalue weighted by atomic mass is 9.92. The first-order valence-electron chi connectivity index (χ1n) is 6.90. The highest BCUT2D eigenvalue weighted by atomic mass is 16.5. The standard InChI is InChI=1S/C13H22N2O4/c1-10-8-11(13(17)18)2-3-15(10)9-12(16)14-4-6-19-7-5-14/h10-11H,2-9H2,1H3,(H,17,18). The van der Waals surface area contributed by atoms with E-state index in [4.69, 9.17) is 9.84 Å². The molecule has 0 radical (unpaired) electrons. The molecule has 2 fully saturated rings. The fraction of sp³-hybridized carbons (Fsp3) is 0.846.